The van der Waals surface area contributed by atoms with Gasteiger partial charge in [-0.25, -0.2) is 0 Å². The average Bonchev–Trinajstić information content (AvgIpc) is 3.24. The number of amides is 2. The van der Waals surface area contributed by atoms with Crippen LogP contribution in [0.3, 0.4) is 0 Å². The Morgan fingerprint density at radius 1 is 1.17 bits per heavy atom. The van der Waals surface area contributed by atoms with E-state index in [4.69, 9.17) is 5.73 Å². The molecule has 2 heterocycles. The summed E-state index contributed by atoms with van der Waals surface area (Å²) in [5.74, 6) is -0.384. The van der Waals surface area contributed by atoms with Crippen LogP contribution >= 0.6 is 0 Å². The molecule has 1 fully saturated rings. The monoisotopic (exact) mass is 404 g/mol. The summed E-state index contributed by atoms with van der Waals surface area (Å²) in [4.78, 5) is 27.1. The van der Waals surface area contributed by atoms with Gasteiger partial charge < -0.3 is 16.0 Å². The Morgan fingerprint density at radius 3 is 2.70 bits per heavy atom. The van der Waals surface area contributed by atoms with Crippen molar-refractivity contribution in [1.82, 2.24) is 15.4 Å². The van der Waals surface area contributed by atoms with Gasteiger partial charge in [-0.15, -0.1) is 0 Å². The molecule has 2 aromatic carbocycles. The van der Waals surface area contributed by atoms with Crippen LogP contribution in [0.25, 0.3) is 11.3 Å². The molecule has 30 heavy (non-hydrogen) atoms. The minimum atomic E-state index is -0.522. The lowest BCUT2D eigenvalue weighted by Gasteiger charge is -2.33. The fraction of sp³-hybridized carbons (Fsp3) is 0.273. The highest BCUT2D eigenvalue weighted by Crippen LogP contribution is 2.29. The third kappa shape index (κ3) is 4.03. The summed E-state index contributed by atoms with van der Waals surface area (Å²) < 4.78 is 0. The Kier molecular flexibility index (Phi) is 5.47. The Balaban J connectivity index is 1.58. The van der Waals surface area contributed by atoms with Gasteiger partial charge in [-0.05, 0) is 37.0 Å². The van der Waals surface area contributed by atoms with Gasteiger partial charge in [0.05, 0.1) is 5.56 Å². The van der Waals surface area contributed by atoms with Crippen molar-refractivity contribution in [2.75, 3.05) is 23.3 Å². The number of hydrogen-bond donors (Lipinski definition) is 3. The number of rotatable bonds is 5. The van der Waals surface area contributed by atoms with Crippen molar-refractivity contribution in [1.29, 1.82) is 0 Å². The number of aromatic amines is 1. The van der Waals surface area contributed by atoms with Crippen LogP contribution in [0.4, 0.5) is 11.4 Å². The van der Waals surface area contributed by atoms with E-state index in [0.717, 1.165) is 30.8 Å². The van der Waals surface area contributed by atoms with Gasteiger partial charge in [0.15, 0.2) is 5.69 Å². The van der Waals surface area contributed by atoms with Crippen molar-refractivity contribution in [3.05, 3.63) is 59.8 Å². The van der Waals surface area contributed by atoms with E-state index < -0.39 is 11.8 Å². The number of carbonyl (C=O) groups excluding carboxylic acids is 2. The molecule has 0 aliphatic carbocycles. The Bertz CT molecular complexity index is 1060. The maximum Gasteiger partial charge on any atom is 0.278 e. The van der Waals surface area contributed by atoms with E-state index in [9.17, 15) is 9.59 Å². The van der Waals surface area contributed by atoms with Crippen LogP contribution < -0.4 is 16.0 Å². The van der Waals surface area contributed by atoms with E-state index >= 15 is 0 Å². The molecule has 1 aliphatic heterocycles. The van der Waals surface area contributed by atoms with E-state index in [2.05, 4.69) is 32.6 Å². The summed E-state index contributed by atoms with van der Waals surface area (Å²) in [6.45, 7) is 3.97. The predicted octanol–water partition coefficient (Wildman–Crippen LogP) is 3.06. The first-order valence-electron chi connectivity index (χ1n) is 9.99. The number of nitrogens with two attached hydrogens (primary N) is 1. The minimum absolute atomic E-state index is 0.177. The highest BCUT2D eigenvalue weighted by atomic mass is 16.2. The molecule has 0 saturated carbocycles. The second kappa shape index (κ2) is 8.36. The lowest BCUT2D eigenvalue weighted by Crippen LogP contribution is -2.35. The summed E-state index contributed by atoms with van der Waals surface area (Å²) in [6.07, 6.45) is 2.25. The predicted molar refractivity (Wildman–Crippen MR) is 115 cm³/mol. The van der Waals surface area contributed by atoms with Gasteiger partial charge in [-0.3, -0.25) is 9.59 Å². The summed E-state index contributed by atoms with van der Waals surface area (Å²) in [6, 6.07) is 14.6. The molecule has 1 aliphatic rings. The van der Waals surface area contributed by atoms with Gasteiger partial charge >= 0.3 is 0 Å². The van der Waals surface area contributed by atoms with Crippen molar-refractivity contribution in [2.24, 2.45) is 11.7 Å². The van der Waals surface area contributed by atoms with Gasteiger partial charge in [0, 0.05) is 30.0 Å². The van der Waals surface area contributed by atoms with Gasteiger partial charge in [0.2, 0.25) is 0 Å². The number of H-pyrrole nitrogens is 1. The van der Waals surface area contributed by atoms with E-state index in [-0.39, 0.29) is 5.69 Å². The number of hydrogen-bond acceptors (Lipinski definition) is 5. The molecule has 1 atom stereocenters. The number of carbonyl (C=O) groups is 2. The highest BCUT2D eigenvalue weighted by molar-refractivity contribution is 6.07. The van der Waals surface area contributed by atoms with Gasteiger partial charge in [-0.2, -0.15) is 15.4 Å². The van der Waals surface area contributed by atoms with Crippen LogP contribution in [0.2, 0.25) is 0 Å². The molecule has 1 saturated heterocycles. The molecule has 0 bridgehead atoms. The van der Waals surface area contributed by atoms with Crippen molar-refractivity contribution in [3.63, 3.8) is 0 Å². The number of anilines is 2. The number of benzene rings is 2. The SMILES string of the molecule is CC1CCCN(c2ccc(NC(=O)c3n[nH]nc3-c3ccccc3)cc2C(N)=O)C1. The molecule has 8 heteroatoms. The fourth-order valence-electron chi connectivity index (χ4n) is 3.87. The minimum Gasteiger partial charge on any atom is -0.371 e. The first-order chi connectivity index (χ1) is 14.5. The molecule has 1 aromatic heterocycles. The maximum absolute atomic E-state index is 12.8. The number of nitrogens with zero attached hydrogens (tertiary/aromatic N) is 3. The van der Waals surface area contributed by atoms with Crippen molar-refractivity contribution in [3.8, 4) is 11.3 Å². The first kappa shape index (κ1) is 19.6. The topological polar surface area (TPSA) is 117 Å². The van der Waals surface area contributed by atoms with Crippen LogP contribution in [0, 0.1) is 5.92 Å². The zero-order valence-corrected chi connectivity index (χ0v) is 16.8. The zero-order chi connectivity index (χ0) is 21.1. The zero-order valence-electron chi connectivity index (χ0n) is 16.8. The van der Waals surface area contributed by atoms with Crippen LogP contribution in [0.1, 0.15) is 40.6 Å². The molecule has 1 unspecified atom stereocenters. The smallest absolute Gasteiger partial charge is 0.278 e. The summed E-state index contributed by atoms with van der Waals surface area (Å²) in [5.41, 5.74) is 8.74. The number of piperidine rings is 1. The second-order valence-electron chi connectivity index (χ2n) is 7.63. The number of primary amides is 1. The van der Waals surface area contributed by atoms with Crippen LogP contribution in [-0.2, 0) is 0 Å². The van der Waals surface area contributed by atoms with Gasteiger partial charge in [0.25, 0.3) is 11.8 Å². The quantitative estimate of drug-likeness (QED) is 0.604. The van der Waals surface area contributed by atoms with E-state index in [1.165, 1.54) is 6.42 Å². The van der Waals surface area contributed by atoms with Gasteiger partial charge in [0.1, 0.15) is 5.69 Å². The molecule has 4 N–H and O–H groups in total. The Morgan fingerprint density at radius 2 is 1.97 bits per heavy atom. The summed E-state index contributed by atoms with van der Waals surface area (Å²) in [5, 5.41) is 13.4. The third-order valence-corrected chi connectivity index (χ3v) is 5.33. The van der Waals surface area contributed by atoms with Gasteiger partial charge in [-0.1, -0.05) is 37.3 Å². The fourth-order valence-corrected chi connectivity index (χ4v) is 3.87. The average molecular weight is 404 g/mol. The lowest BCUT2D eigenvalue weighted by atomic mass is 9.98. The molecular weight excluding hydrogens is 380 g/mol. The first-order valence-corrected chi connectivity index (χ1v) is 9.99. The molecule has 3 aromatic rings. The molecule has 0 spiro atoms. The van der Waals surface area contributed by atoms with E-state index in [1.54, 1.807) is 12.1 Å². The normalized spacial score (nSPS) is 16.3. The van der Waals surface area contributed by atoms with Crippen LogP contribution in [-0.4, -0.2) is 40.3 Å². The maximum atomic E-state index is 12.8. The highest BCUT2D eigenvalue weighted by Gasteiger charge is 2.22. The van der Waals surface area contributed by atoms with E-state index in [0.29, 0.717) is 22.9 Å². The Labute approximate surface area is 174 Å². The molecule has 8 nitrogen and oxygen atoms in total. The largest absolute Gasteiger partial charge is 0.371 e. The van der Waals surface area contributed by atoms with E-state index in [1.807, 2.05) is 36.4 Å². The molecule has 4 rings (SSSR count). The summed E-state index contributed by atoms with van der Waals surface area (Å²) in [7, 11) is 0. The Hall–Kier alpha value is -3.68. The standard InChI is InChI=1S/C22H24N6O2/c1-14-6-5-11-28(13-14)18-10-9-16(12-17(18)21(23)29)24-22(30)20-19(25-27-26-20)15-7-3-2-4-8-15/h2-4,7-10,12,14H,5-6,11,13H2,1H3,(H2,23,29)(H,24,30)(H,25,26,27). The number of aromatic nitrogens is 3. The summed E-state index contributed by atoms with van der Waals surface area (Å²) >= 11 is 0. The molecule has 2 amide bonds. The molecule has 154 valence electrons. The van der Waals surface area contributed by atoms with Crippen LogP contribution in [0.5, 0.6) is 0 Å². The molecule has 0 radical (unpaired) electrons. The lowest BCUT2D eigenvalue weighted by molar-refractivity contribution is 0.0996. The molecular formula is C22H24N6O2. The van der Waals surface area contributed by atoms with Crippen molar-refractivity contribution >= 4 is 23.2 Å². The third-order valence-electron chi connectivity index (χ3n) is 5.33. The van der Waals surface area contributed by atoms with Crippen molar-refractivity contribution in [2.45, 2.75) is 19.8 Å². The van der Waals surface area contributed by atoms with Crippen molar-refractivity contribution < 1.29 is 9.59 Å². The number of nitrogens with one attached hydrogen (secondary N) is 2. The van der Waals surface area contributed by atoms with Crippen LogP contribution in [0.15, 0.2) is 48.5 Å². The second-order valence-corrected chi connectivity index (χ2v) is 7.63.